The minimum absolute atomic E-state index is 0.196. The Morgan fingerprint density at radius 1 is 1.60 bits per heavy atom. The Bertz CT molecular complexity index is 412. The fourth-order valence-corrected chi connectivity index (χ4v) is 2.51. The van der Waals surface area contributed by atoms with E-state index in [0.29, 0.717) is 19.5 Å². The molecule has 0 amide bonds. The van der Waals surface area contributed by atoms with E-state index < -0.39 is 10.0 Å². The summed E-state index contributed by atoms with van der Waals surface area (Å²) in [5.41, 5.74) is 5.33. The van der Waals surface area contributed by atoms with Gasteiger partial charge in [-0.3, -0.25) is 4.68 Å². The first-order valence-corrected chi connectivity index (χ1v) is 6.08. The summed E-state index contributed by atoms with van der Waals surface area (Å²) in [5, 5.41) is 4.03. The highest BCUT2D eigenvalue weighted by atomic mass is 32.2. The summed E-state index contributed by atoms with van der Waals surface area (Å²) >= 11 is 0. The van der Waals surface area contributed by atoms with E-state index in [2.05, 4.69) is 5.10 Å². The summed E-state index contributed by atoms with van der Waals surface area (Å²) in [7, 11) is -0.280. The molecule has 1 aromatic heterocycles. The van der Waals surface area contributed by atoms with E-state index in [1.165, 1.54) is 28.3 Å². The van der Waals surface area contributed by atoms with Gasteiger partial charge in [0.15, 0.2) is 5.03 Å². The number of aryl methyl sites for hydroxylation is 1. The number of nitrogens with zero attached hydrogens (tertiary/aromatic N) is 3. The summed E-state index contributed by atoms with van der Waals surface area (Å²) in [6, 6.07) is 1.48. The molecule has 6 nitrogen and oxygen atoms in total. The second kappa shape index (κ2) is 4.73. The van der Waals surface area contributed by atoms with Crippen LogP contribution in [-0.4, -0.2) is 42.6 Å². The van der Waals surface area contributed by atoms with Gasteiger partial charge in [0.1, 0.15) is 0 Å². The van der Waals surface area contributed by atoms with E-state index in [0.717, 1.165) is 0 Å². The summed E-state index contributed by atoms with van der Waals surface area (Å²) in [5.74, 6) is 0. The topological polar surface area (TPSA) is 81.2 Å². The van der Waals surface area contributed by atoms with Crippen LogP contribution in [0.15, 0.2) is 17.3 Å². The third kappa shape index (κ3) is 2.55. The Hall–Kier alpha value is -0.920. The zero-order valence-electron chi connectivity index (χ0n) is 8.92. The fourth-order valence-electron chi connectivity index (χ4n) is 1.21. The second-order valence-corrected chi connectivity index (χ2v) is 5.25. The van der Waals surface area contributed by atoms with Crippen molar-refractivity contribution in [2.24, 2.45) is 12.8 Å². The molecular formula is C8H16N4O2S. The van der Waals surface area contributed by atoms with Crippen LogP contribution in [-0.2, 0) is 17.1 Å². The maximum atomic E-state index is 11.9. The predicted octanol–water partition coefficient (Wildman–Crippen LogP) is -0.611. The zero-order chi connectivity index (χ0) is 11.5. The van der Waals surface area contributed by atoms with E-state index in [1.807, 2.05) is 0 Å². The van der Waals surface area contributed by atoms with Crippen molar-refractivity contribution in [3.63, 3.8) is 0 Å². The molecule has 1 rings (SSSR count). The van der Waals surface area contributed by atoms with Crippen LogP contribution in [0.25, 0.3) is 0 Å². The molecule has 0 fully saturated rings. The highest BCUT2D eigenvalue weighted by Gasteiger charge is 2.22. The molecule has 0 unspecified atom stereocenters. The summed E-state index contributed by atoms with van der Waals surface area (Å²) in [4.78, 5) is 0. The molecule has 86 valence electrons. The predicted molar refractivity (Wildman–Crippen MR) is 56.7 cm³/mol. The van der Waals surface area contributed by atoms with Gasteiger partial charge in [-0.15, -0.1) is 0 Å². The molecule has 0 saturated carbocycles. The fraction of sp³-hybridized carbons (Fsp3) is 0.625. The van der Waals surface area contributed by atoms with Gasteiger partial charge < -0.3 is 5.73 Å². The number of hydrogen-bond acceptors (Lipinski definition) is 4. The third-order valence-corrected chi connectivity index (χ3v) is 4.06. The van der Waals surface area contributed by atoms with Crippen LogP contribution in [0.2, 0.25) is 0 Å². The largest absolute Gasteiger partial charge is 0.330 e. The standard InChI is InChI=1S/C8H16N4O2S/c1-11(7-3-5-9)15(13,14)8-4-6-10-12(8)2/h4,6H,3,5,7,9H2,1-2H3. The van der Waals surface area contributed by atoms with Gasteiger partial charge in [0, 0.05) is 20.6 Å². The molecule has 0 bridgehead atoms. The Balaban J connectivity index is 2.88. The Morgan fingerprint density at radius 3 is 2.73 bits per heavy atom. The lowest BCUT2D eigenvalue weighted by Gasteiger charge is -2.16. The highest BCUT2D eigenvalue weighted by molar-refractivity contribution is 7.89. The summed E-state index contributed by atoms with van der Waals surface area (Å²) in [6.45, 7) is 0.898. The first-order valence-electron chi connectivity index (χ1n) is 4.64. The van der Waals surface area contributed by atoms with Crippen molar-refractivity contribution in [1.82, 2.24) is 14.1 Å². The molecule has 0 aliphatic heterocycles. The molecule has 0 spiro atoms. The molecule has 0 aromatic carbocycles. The van der Waals surface area contributed by atoms with Crippen LogP contribution in [0, 0.1) is 0 Å². The molecule has 1 heterocycles. The van der Waals surface area contributed by atoms with Gasteiger partial charge in [-0.05, 0) is 19.0 Å². The van der Waals surface area contributed by atoms with Gasteiger partial charge in [-0.1, -0.05) is 0 Å². The number of rotatable bonds is 5. The smallest absolute Gasteiger partial charge is 0.259 e. The quantitative estimate of drug-likeness (QED) is 0.734. The van der Waals surface area contributed by atoms with Crippen molar-refractivity contribution in [2.75, 3.05) is 20.1 Å². The van der Waals surface area contributed by atoms with Crippen LogP contribution >= 0.6 is 0 Å². The van der Waals surface area contributed by atoms with Crippen molar-refractivity contribution < 1.29 is 8.42 Å². The van der Waals surface area contributed by atoms with E-state index in [9.17, 15) is 8.42 Å². The van der Waals surface area contributed by atoms with Gasteiger partial charge in [0.05, 0.1) is 6.20 Å². The monoisotopic (exact) mass is 232 g/mol. The average molecular weight is 232 g/mol. The number of hydrogen-bond donors (Lipinski definition) is 1. The van der Waals surface area contributed by atoms with Crippen LogP contribution in [0.3, 0.4) is 0 Å². The van der Waals surface area contributed by atoms with Crippen molar-refractivity contribution in [3.05, 3.63) is 12.3 Å². The summed E-state index contributed by atoms with van der Waals surface area (Å²) < 4.78 is 26.5. The Labute approximate surface area is 89.7 Å². The average Bonchev–Trinajstić information content (AvgIpc) is 2.61. The SMILES string of the molecule is CN(CCCN)S(=O)(=O)c1ccnn1C. The number of sulfonamides is 1. The summed E-state index contributed by atoms with van der Waals surface area (Å²) in [6.07, 6.45) is 2.11. The molecule has 2 N–H and O–H groups in total. The first-order chi connectivity index (χ1) is 7.00. The first kappa shape index (κ1) is 12.2. The molecule has 0 atom stereocenters. The van der Waals surface area contributed by atoms with Crippen molar-refractivity contribution in [2.45, 2.75) is 11.4 Å². The second-order valence-electron chi connectivity index (χ2n) is 3.26. The van der Waals surface area contributed by atoms with Gasteiger partial charge in [0.2, 0.25) is 0 Å². The van der Waals surface area contributed by atoms with Crippen LogP contribution in [0.4, 0.5) is 0 Å². The lowest BCUT2D eigenvalue weighted by atomic mass is 10.4. The normalized spacial score (nSPS) is 12.3. The van der Waals surface area contributed by atoms with Gasteiger partial charge in [-0.25, -0.2) is 8.42 Å². The van der Waals surface area contributed by atoms with E-state index in [4.69, 9.17) is 5.73 Å². The molecule has 0 radical (unpaired) electrons. The van der Waals surface area contributed by atoms with Crippen LogP contribution in [0.5, 0.6) is 0 Å². The van der Waals surface area contributed by atoms with E-state index >= 15 is 0 Å². The molecule has 0 aliphatic carbocycles. The van der Waals surface area contributed by atoms with Gasteiger partial charge in [0.25, 0.3) is 10.0 Å². The molecule has 7 heteroatoms. The van der Waals surface area contributed by atoms with Crippen LogP contribution < -0.4 is 5.73 Å². The minimum Gasteiger partial charge on any atom is -0.330 e. The lowest BCUT2D eigenvalue weighted by molar-refractivity contribution is 0.455. The highest BCUT2D eigenvalue weighted by Crippen LogP contribution is 2.12. The van der Waals surface area contributed by atoms with E-state index in [1.54, 1.807) is 7.05 Å². The zero-order valence-corrected chi connectivity index (χ0v) is 9.74. The van der Waals surface area contributed by atoms with Crippen molar-refractivity contribution >= 4 is 10.0 Å². The lowest BCUT2D eigenvalue weighted by Crippen LogP contribution is -2.30. The molecule has 1 aromatic rings. The minimum atomic E-state index is -3.42. The molecule has 0 aliphatic rings. The van der Waals surface area contributed by atoms with Gasteiger partial charge in [-0.2, -0.15) is 9.40 Å². The molecule has 0 saturated heterocycles. The Kier molecular flexibility index (Phi) is 3.83. The van der Waals surface area contributed by atoms with Crippen LogP contribution in [0.1, 0.15) is 6.42 Å². The third-order valence-electron chi connectivity index (χ3n) is 2.13. The number of aromatic nitrogens is 2. The van der Waals surface area contributed by atoms with Crippen molar-refractivity contribution in [3.8, 4) is 0 Å². The van der Waals surface area contributed by atoms with Crippen molar-refractivity contribution in [1.29, 1.82) is 0 Å². The maximum absolute atomic E-state index is 11.9. The molecule has 15 heavy (non-hydrogen) atoms. The van der Waals surface area contributed by atoms with Gasteiger partial charge >= 0.3 is 0 Å². The van der Waals surface area contributed by atoms with E-state index in [-0.39, 0.29) is 5.03 Å². The Morgan fingerprint density at radius 2 is 2.27 bits per heavy atom. The maximum Gasteiger partial charge on any atom is 0.259 e. The number of nitrogens with two attached hydrogens (primary N) is 1. The molecular weight excluding hydrogens is 216 g/mol.